The Morgan fingerprint density at radius 2 is 2.14 bits per heavy atom. The molecule has 6 nitrogen and oxygen atoms in total. The Labute approximate surface area is 173 Å². The maximum absolute atomic E-state index is 11.0. The smallest absolute Gasteiger partial charge is 0.321 e. The monoisotopic (exact) mass is 419 g/mol. The van der Waals surface area contributed by atoms with Crippen LogP contribution in [-0.2, 0) is 11.2 Å². The van der Waals surface area contributed by atoms with Crippen molar-refractivity contribution in [2.24, 2.45) is 5.92 Å². The molecule has 1 saturated heterocycles. The average molecular weight is 420 g/mol. The molecule has 1 aliphatic heterocycles. The molecule has 0 aliphatic carbocycles. The number of carbonyl (C=O) groups is 1. The topological polar surface area (TPSA) is 86.5 Å². The van der Waals surface area contributed by atoms with Crippen molar-refractivity contribution < 1.29 is 14.6 Å². The molecule has 0 spiro atoms. The van der Waals surface area contributed by atoms with Gasteiger partial charge < -0.3 is 14.7 Å². The first kappa shape index (κ1) is 20.2. The van der Waals surface area contributed by atoms with E-state index in [1.165, 1.54) is 0 Å². The van der Waals surface area contributed by atoms with Gasteiger partial charge in [-0.1, -0.05) is 29.3 Å². The molecule has 146 valence electrons. The second-order valence-electron chi connectivity index (χ2n) is 6.78. The van der Waals surface area contributed by atoms with E-state index in [2.05, 4.69) is 9.88 Å². The molecule has 1 N–H and O–H groups in total. The molecule has 0 unspecified atom stereocenters. The number of benzene rings is 1. The van der Waals surface area contributed by atoms with Crippen LogP contribution in [0.2, 0.25) is 10.0 Å². The molecule has 1 aromatic heterocycles. The van der Waals surface area contributed by atoms with Crippen LogP contribution in [0.4, 0.5) is 5.82 Å². The fraction of sp³-hybridized carbons (Fsp3) is 0.350. The fourth-order valence-electron chi connectivity index (χ4n) is 3.15. The Balaban J connectivity index is 1.63. The van der Waals surface area contributed by atoms with Gasteiger partial charge in [0, 0.05) is 25.6 Å². The van der Waals surface area contributed by atoms with E-state index >= 15 is 0 Å². The number of anilines is 1. The first-order valence-electron chi connectivity index (χ1n) is 8.82. The third kappa shape index (κ3) is 4.67. The van der Waals surface area contributed by atoms with Gasteiger partial charge in [-0.25, -0.2) is 4.98 Å². The quantitative estimate of drug-likeness (QED) is 0.757. The molecule has 1 aliphatic rings. The maximum atomic E-state index is 11.0. The lowest BCUT2D eigenvalue weighted by molar-refractivity contribution is -0.139. The van der Waals surface area contributed by atoms with Crippen LogP contribution in [-0.4, -0.2) is 35.3 Å². The largest absolute Gasteiger partial charge is 0.485 e. The van der Waals surface area contributed by atoms with E-state index in [1.807, 2.05) is 25.1 Å². The number of hydrogen-bond acceptors (Lipinski definition) is 5. The number of rotatable bonds is 6. The SMILES string of the molecule is Cc1cc(Cl)c(O[C@@H]2CCN(c3ccc(C[C@@H](C#N)C(=O)O)cn3)C2)c(Cl)c1. The minimum Gasteiger partial charge on any atom is -0.485 e. The Morgan fingerprint density at radius 3 is 2.71 bits per heavy atom. The number of carboxylic acid groups (broad SMARTS) is 1. The third-order valence-electron chi connectivity index (χ3n) is 4.60. The highest BCUT2D eigenvalue weighted by molar-refractivity contribution is 6.37. The summed E-state index contributed by atoms with van der Waals surface area (Å²) in [6, 6.07) is 9.06. The summed E-state index contributed by atoms with van der Waals surface area (Å²) in [5, 5.41) is 18.9. The van der Waals surface area contributed by atoms with Crippen LogP contribution < -0.4 is 9.64 Å². The predicted octanol–water partition coefficient (Wildman–Crippen LogP) is 4.12. The molecule has 0 radical (unpaired) electrons. The predicted molar refractivity (Wildman–Crippen MR) is 107 cm³/mol. The van der Waals surface area contributed by atoms with Crippen molar-refractivity contribution in [2.45, 2.75) is 25.9 Å². The third-order valence-corrected chi connectivity index (χ3v) is 5.16. The zero-order chi connectivity index (χ0) is 20.3. The Morgan fingerprint density at radius 1 is 1.43 bits per heavy atom. The van der Waals surface area contributed by atoms with Crippen molar-refractivity contribution in [3.05, 3.63) is 51.6 Å². The summed E-state index contributed by atoms with van der Waals surface area (Å²) in [6.07, 6.45) is 2.49. The first-order chi connectivity index (χ1) is 13.4. The lowest BCUT2D eigenvalue weighted by Crippen LogP contribution is -2.25. The van der Waals surface area contributed by atoms with Gasteiger partial charge in [-0.15, -0.1) is 0 Å². The number of carboxylic acids is 1. The number of ether oxygens (including phenoxy) is 1. The van der Waals surface area contributed by atoms with Crippen LogP contribution in [0.25, 0.3) is 0 Å². The number of aliphatic carboxylic acids is 1. The van der Waals surface area contributed by atoms with Gasteiger partial charge in [0.25, 0.3) is 0 Å². The van der Waals surface area contributed by atoms with Crippen LogP contribution in [0.3, 0.4) is 0 Å². The van der Waals surface area contributed by atoms with Crippen molar-refractivity contribution in [1.82, 2.24) is 4.98 Å². The summed E-state index contributed by atoms with van der Waals surface area (Å²) >= 11 is 12.5. The first-order valence-corrected chi connectivity index (χ1v) is 9.57. The summed E-state index contributed by atoms with van der Waals surface area (Å²) in [5.41, 5.74) is 1.68. The number of aryl methyl sites for hydroxylation is 1. The molecule has 2 aromatic rings. The summed E-state index contributed by atoms with van der Waals surface area (Å²) in [4.78, 5) is 17.5. The van der Waals surface area contributed by atoms with E-state index < -0.39 is 11.9 Å². The van der Waals surface area contributed by atoms with Crippen LogP contribution >= 0.6 is 23.2 Å². The molecule has 0 amide bonds. The normalized spacial score (nSPS) is 17.2. The summed E-state index contributed by atoms with van der Waals surface area (Å²) < 4.78 is 6.03. The molecule has 8 heteroatoms. The highest BCUT2D eigenvalue weighted by Gasteiger charge is 2.26. The van der Waals surface area contributed by atoms with Gasteiger partial charge in [0.1, 0.15) is 17.8 Å². The standard InChI is InChI=1S/C20H19Cl2N3O3/c1-12-6-16(21)19(17(22)7-12)28-15-4-5-25(11-15)18-3-2-13(10-24-18)8-14(9-23)20(26)27/h2-3,6-7,10,14-15H,4-5,8,11H2,1H3,(H,26,27)/t14-,15+/m0/s1. The van der Waals surface area contributed by atoms with E-state index in [0.29, 0.717) is 27.9 Å². The van der Waals surface area contributed by atoms with Crippen molar-refractivity contribution >= 4 is 35.0 Å². The van der Waals surface area contributed by atoms with E-state index in [0.717, 1.165) is 24.3 Å². The molecule has 2 atom stereocenters. The Bertz CT molecular complexity index is 889. The molecular weight excluding hydrogens is 401 g/mol. The number of hydrogen-bond donors (Lipinski definition) is 1. The minimum atomic E-state index is -1.13. The van der Waals surface area contributed by atoms with Crippen LogP contribution in [0.15, 0.2) is 30.5 Å². The number of aromatic nitrogens is 1. The summed E-state index contributed by atoms with van der Waals surface area (Å²) in [6.45, 7) is 3.33. The zero-order valence-electron chi connectivity index (χ0n) is 15.2. The van der Waals surface area contributed by atoms with Crippen molar-refractivity contribution in [3.63, 3.8) is 0 Å². The Hall–Kier alpha value is -2.49. The molecule has 0 bridgehead atoms. The van der Waals surface area contributed by atoms with Gasteiger partial charge in [0.15, 0.2) is 5.75 Å². The van der Waals surface area contributed by atoms with Crippen molar-refractivity contribution in [3.8, 4) is 11.8 Å². The molecule has 1 aromatic carbocycles. The lowest BCUT2D eigenvalue weighted by atomic mass is 10.0. The van der Waals surface area contributed by atoms with Gasteiger partial charge in [0.2, 0.25) is 0 Å². The molecule has 3 rings (SSSR count). The number of nitrogens with zero attached hydrogens (tertiary/aromatic N) is 3. The van der Waals surface area contributed by atoms with Crippen molar-refractivity contribution in [1.29, 1.82) is 5.26 Å². The summed E-state index contributed by atoms with van der Waals surface area (Å²) in [5.74, 6) is -0.916. The van der Waals surface area contributed by atoms with Gasteiger partial charge in [0.05, 0.1) is 22.7 Å². The van der Waals surface area contributed by atoms with E-state index in [4.69, 9.17) is 38.3 Å². The van der Waals surface area contributed by atoms with E-state index in [-0.39, 0.29) is 12.5 Å². The van der Waals surface area contributed by atoms with E-state index in [1.54, 1.807) is 18.3 Å². The van der Waals surface area contributed by atoms with Crippen molar-refractivity contribution in [2.75, 3.05) is 18.0 Å². The second kappa shape index (κ2) is 8.68. The fourth-order valence-corrected chi connectivity index (χ4v) is 3.83. The second-order valence-corrected chi connectivity index (χ2v) is 7.60. The molecular formula is C20H19Cl2N3O3. The molecule has 0 saturated carbocycles. The van der Waals surface area contributed by atoms with Gasteiger partial charge >= 0.3 is 5.97 Å². The number of pyridine rings is 1. The van der Waals surface area contributed by atoms with Gasteiger partial charge in [-0.3, -0.25) is 4.79 Å². The zero-order valence-corrected chi connectivity index (χ0v) is 16.7. The highest BCUT2D eigenvalue weighted by Crippen LogP contribution is 2.36. The Kier molecular flexibility index (Phi) is 6.28. The van der Waals surface area contributed by atoms with Crippen LogP contribution in [0, 0.1) is 24.2 Å². The van der Waals surface area contributed by atoms with Gasteiger partial charge in [-0.05, 0) is 36.2 Å². The molecule has 2 heterocycles. The minimum absolute atomic E-state index is 0.0610. The maximum Gasteiger partial charge on any atom is 0.321 e. The lowest BCUT2D eigenvalue weighted by Gasteiger charge is -2.19. The van der Waals surface area contributed by atoms with Crippen LogP contribution in [0.1, 0.15) is 17.5 Å². The highest BCUT2D eigenvalue weighted by atomic mass is 35.5. The number of nitriles is 1. The van der Waals surface area contributed by atoms with Gasteiger partial charge in [-0.2, -0.15) is 5.26 Å². The van der Waals surface area contributed by atoms with E-state index in [9.17, 15) is 4.79 Å². The average Bonchev–Trinajstić information content (AvgIpc) is 3.11. The molecule has 28 heavy (non-hydrogen) atoms. The number of halogens is 2. The molecule has 1 fully saturated rings. The van der Waals surface area contributed by atoms with Crippen LogP contribution in [0.5, 0.6) is 5.75 Å². The summed E-state index contributed by atoms with van der Waals surface area (Å²) in [7, 11) is 0.